The number of carbonyl (C=O) groups excluding carboxylic acids is 2. The summed E-state index contributed by atoms with van der Waals surface area (Å²) in [5, 5.41) is 5.69. The number of rotatable bonds is 3. The van der Waals surface area contributed by atoms with Gasteiger partial charge >= 0.3 is 0 Å². The molecule has 1 atom stereocenters. The molecule has 24 heavy (non-hydrogen) atoms. The highest BCUT2D eigenvalue weighted by molar-refractivity contribution is 6.00. The van der Waals surface area contributed by atoms with Crippen molar-refractivity contribution in [2.45, 2.75) is 37.7 Å². The summed E-state index contributed by atoms with van der Waals surface area (Å²) in [7, 11) is 0. The number of ether oxygens (including phenoxy) is 1. The maximum atomic E-state index is 11.9. The Bertz CT molecular complexity index is 651. The number of amides is 2. The molecular weight excluding hydrogens is 304 g/mol. The van der Waals surface area contributed by atoms with Gasteiger partial charge in [0.05, 0.1) is 12.0 Å². The summed E-state index contributed by atoms with van der Waals surface area (Å²) in [5.74, 6) is 5.50. The van der Waals surface area contributed by atoms with Gasteiger partial charge in [0.15, 0.2) is 0 Å². The van der Waals surface area contributed by atoms with Crippen LogP contribution in [0.3, 0.4) is 0 Å². The third kappa shape index (κ3) is 4.44. The molecule has 5 nitrogen and oxygen atoms in total. The van der Waals surface area contributed by atoms with Gasteiger partial charge in [-0.3, -0.25) is 14.9 Å². The molecule has 0 spiro atoms. The molecule has 2 heterocycles. The van der Waals surface area contributed by atoms with Crippen LogP contribution in [0.4, 0.5) is 0 Å². The van der Waals surface area contributed by atoms with Crippen LogP contribution >= 0.6 is 0 Å². The van der Waals surface area contributed by atoms with E-state index in [1.807, 2.05) is 24.3 Å². The summed E-state index contributed by atoms with van der Waals surface area (Å²) in [6.45, 7) is 2.47. The maximum Gasteiger partial charge on any atom is 0.234 e. The van der Waals surface area contributed by atoms with Crippen molar-refractivity contribution in [2.75, 3.05) is 19.7 Å². The summed E-state index contributed by atoms with van der Waals surface area (Å²) >= 11 is 0. The predicted octanol–water partition coefficient (Wildman–Crippen LogP) is 1.33. The number of benzene rings is 1. The van der Waals surface area contributed by atoms with Crippen LogP contribution in [0.2, 0.25) is 0 Å². The van der Waals surface area contributed by atoms with Gasteiger partial charge in [-0.2, -0.15) is 0 Å². The van der Waals surface area contributed by atoms with Crippen molar-refractivity contribution in [2.24, 2.45) is 0 Å². The molecule has 1 unspecified atom stereocenters. The van der Waals surface area contributed by atoms with Crippen molar-refractivity contribution in [3.8, 4) is 11.8 Å². The van der Waals surface area contributed by atoms with Gasteiger partial charge in [0.25, 0.3) is 0 Å². The number of carbonyl (C=O) groups is 2. The van der Waals surface area contributed by atoms with Gasteiger partial charge in [-0.1, -0.05) is 24.0 Å². The third-order valence-corrected chi connectivity index (χ3v) is 4.46. The van der Waals surface area contributed by atoms with E-state index >= 15 is 0 Å². The fourth-order valence-corrected chi connectivity index (χ4v) is 3.07. The molecule has 0 saturated carbocycles. The second-order valence-electron chi connectivity index (χ2n) is 6.19. The van der Waals surface area contributed by atoms with E-state index in [1.165, 1.54) is 0 Å². The average molecular weight is 326 g/mol. The van der Waals surface area contributed by atoms with Crippen LogP contribution < -0.4 is 10.6 Å². The minimum atomic E-state index is -0.243. The topological polar surface area (TPSA) is 67.4 Å². The van der Waals surface area contributed by atoms with Gasteiger partial charge in [0, 0.05) is 12.0 Å². The molecule has 0 radical (unpaired) electrons. The molecule has 1 aromatic rings. The van der Waals surface area contributed by atoms with E-state index < -0.39 is 0 Å². The Morgan fingerprint density at radius 1 is 1.08 bits per heavy atom. The number of piperidine rings is 2. The van der Waals surface area contributed by atoms with Crippen LogP contribution in [-0.2, 0) is 14.3 Å². The molecule has 2 aliphatic rings. The Hall–Kier alpha value is -2.16. The van der Waals surface area contributed by atoms with Crippen LogP contribution in [0.15, 0.2) is 24.3 Å². The van der Waals surface area contributed by atoms with Crippen molar-refractivity contribution >= 4 is 11.8 Å². The molecule has 2 amide bonds. The molecule has 2 aliphatic heterocycles. The first-order valence-electron chi connectivity index (χ1n) is 8.47. The zero-order valence-electron chi connectivity index (χ0n) is 13.6. The highest BCUT2D eigenvalue weighted by atomic mass is 16.5. The summed E-state index contributed by atoms with van der Waals surface area (Å²) < 4.78 is 5.75. The van der Waals surface area contributed by atoms with E-state index in [2.05, 4.69) is 22.5 Å². The zero-order valence-corrected chi connectivity index (χ0v) is 13.6. The normalized spacial score (nSPS) is 21.8. The molecule has 0 bridgehead atoms. The zero-order chi connectivity index (χ0) is 16.8. The van der Waals surface area contributed by atoms with E-state index in [0.717, 1.165) is 37.1 Å². The van der Waals surface area contributed by atoms with Crippen LogP contribution in [0, 0.1) is 11.8 Å². The Labute approximate surface area is 142 Å². The predicted molar refractivity (Wildman–Crippen MR) is 90.3 cm³/mol. The molecule has 3 rings (SSSR count). The second-order valence-corrected chi connectivity index (χ2v) is 6.19. The highest BCUT2D eigenvalue weighted by Crippen LogP contribution is 2.24. The third-order valence-electron chi connectivity index (χ3n) is 4.46. The van der Waals surface area contributed by atoms with Crippen LogP contribution in [0.1, 0.15) is 42.7 Å². The molecular formula is C19H22N2O3. The second kappa shape index (κ2) is 8.09. The van der Waals surface area contributed by atoms with E-state index in [4.69, 9.17) is 4.74 Å². The van der Waals surface area contributed by atoms with E-state index in [1.54, 1.807) is 0 Å². The minimum absolute atomic E-state index is 0.188. The van der Waals surface area contributed by atoms with Gasteiger partial charge in [0.1, 0.15) is 6.61 Å². The Balaban J connectivity index is 1.52. The van der Waals surface area contributed by atoms with Gasteiger partial charge in [0.2, 0.25) is 11.8 Å². The Morgan fingerprint density at radius 2 is 1.83 bits per heavy atom. The van der Waals surface area contributed by atoms with Crippen LogP contribution in [-0.4, -0.2) is 37.6 Å². The van der Waals surface area contributed by atoms with Crippen molar-refractivity contribution in [1.29, 1.82) is 0 Å². The minimum Gasteiger partial charge on any atom is -0.365 e. The fraction of sp³-hybridized carbons (Fsp3) is 0.474. The largest absolute Gasteiger partial charge is 0.365 e. The highest BCUT2D eigenvalue weighted by Gasteiger charge is 2.27. The van der Waals surface area contributed by atoms with Gasteiger partial charge in [-0.25, -0.2) is 0 Å². The molecule has 2 N–H and O–H groups in total. The SMILES string of the molecule is O=C1CCC(c2ccc(C#CCOC3CCNCC3)cc2)C(=O)N1. The average Bonchev–Trinajstić information content (AvgIpc) is 2.60. The maximum absolute atomic E-state index is 11.9. The Morgan fingerprint density at radius 3 is 2.54 bits per heavy atom. The molecule has 126 valence electrons. The van der Waals surface area contributed by atoms with E-state index in [0.29, 0.717) is 25.6 Å². The lowest BCUT2D eigenvalue weighted by Gasteiger charge is -2.21. The first-order chi connectivity index (χ1) is 11.7. The van der Waals surface area contributed by atoms with Crippen molar-refractivity contribution in [1.82, 2.24) is 10.6 Å². The van der Waals surface area contributed by atoms with Gasteiger partial charge in [-0.05, 0) is 50.0 Å². The Kier molecular flexibility index (Phi) is 5.63. The van der Waals surface area contributed by atoms with Crippen molar-refractivity contribution in [3.05, 3.63) is 35.4 Å². The first kappa shape index (κ1) is 16.7. The van der Waals surface area contributed by atoms with Gasteiger partial charge in [-0.15, -0.1) is 0 Å². The molecule has 0 aromatic heterocycles. The van der Waals surface area contributed by atoms with Crippen molar-refractivity contribution < 1.29 is 14.3 Å². The lowest BCUT2D eigenvalue weighted by molar-refractivity contribution is -0.134. The molecule has 2 saturated heterocycles. The molecule has 5 heteroatoms. The molecule has 2 fully saturated rings. The summed E-state index contributed by atoms with van der Waals surface area (Å²) in [6.07, 6.45) is 3.37. The summed E-state index contributed by atoms with van der Waals surface area (Å²) in [6, 6.07) is 7.66. The van der Waals surface area contributed by atoms with Crippen LogP contribution in [0.5, 0.6) is 0 Å². The number of hydrogen-bond donors (Lipinski definition) is 2. The van der Waals surface area contributed by atoms with E-state index in [-0.39, 0.29) is 17.7 Å². The number of hydrogen-bond acceptors (Lipinski definition) is 4. The summed E-state index contributed by atoms with van der Waals surface area (Å²) in [4.78, 5) is 23.1. The molecule has 0 aliphatic carbocycles. The lowest BCUT2D eigenvalue weighted by Crippen LogP contribution is -2.39. The smallest absolute Gasteiger partial charge is 0.234 e. The first-order valence-corrected chi connectivity index (χ1v) is 8.47. The van der Waals surface area contributed by atoms with Gasteiger partial charge < -0.3 is 10.1 Å². The van der Waals surface area contributed by atoms with E-state index in [9.17, 15) is 9.59 Å². The summed E-state index contributed by atoms with van der Waals surface area (Å²) in [5.41, 5.74) is 1.83. The lowest BCUT2D eigenvalue weighted by atomic mass is 9.90. The fourth-order valence-electron chi connectivity index (χ4n) is 3.07. The van der Waals surface area contributed by atoms with Crippen molar-refractivity contribution in [3.63, 3.8) is 0 Å². The number of nitrogens with one attached hydrogen (secondary N) is 2. The monoisotopic (exact) mass is 326 g/mol. The number of imide groups is 1. The standard InChI is InChI=1S/C19H22N2O3/c22-18-8-7-17(19(23)21-18)15-5-3-14(4-6-15)2-1-13-24-16-9-11-20-12-10-16/h3-6,16-17,20H,7-13H2,(H,21,22,23). The molecule has 1 aromatic carbocycles. The quantitative estimate of drug-likeness (QED) is 0.649. The van der Waals surface area contributed by atoms with Crippen LogP contribution in [0.25, 0.3) is 0 Å².